The topological polar surface area (TPSA) is 92.1 Å². The van der Waals surface area contributed by atoms with Crippen molar-refractivity contribution in [1.82, 2.24) is 20.0 Å². The first-order chi connectivity index (χ1) is 18.9. The van der Waals surface area contributed by atoms with Crippen molar-refractivity contribution in [1.29, 1.82) is 5.41 Å². The lowest BCUT2D eigenvalue weighted by atomic mass is 9.72. The van der Waals surface area contributed by atoms with E-state index in [2.05, 4.69) is 24.1 Å². The molecule has 1 amide bonds. The van der Waals surface area contributed by atoms with Gasteiger partial charge in [0, 0.05) is 38.1 Å². The van der Waals surface area contributed by atoms with E-state index in [0.29, 0.717) is 49.6 Å². The predicted octanol–water partition coefficient (Wildman–Crippen LogP) is 4.29. The van der Waals surface area contributed by atoms with E-state index in [0.717, 1.165) is 45.2 Å². The molecule has 3 heterocycles. The summed E-state index contributed by atoms with van der Waals surface area (Å²) in [6.45, 7) is 9.99. The van der Waals surface area contributed by atoms with Crippen LogP contribution < -0.4 is 10.1 Å². The van der Waals surface area contributed by atoms with Gasteiger partial charge in [-0.3, -0.25) is 10.2 Å². The highest BCUT2D eigenvalue weighted by molar-refractivity contribution is 5.79. The number of likely N-dealkylation sites (tertiary alicyclic amines) is 2. The maximum Gasteiger partial charge on any atom is 0.260 e. The number of unbranched alkanes of at least 4 members (excludes halogenated alkanes) is 2. The minimum atomic E-state index is -0.638. The average molecular weight is 542 g/mol. The van der Waals surface area contributed by atoms with Crippen LogP contribution in [0.25, 0.3) is 0 Å². The maximum absolute atomic E-state index is 12.7. The quantitative estimate of drug-likeness (QED) is 0.366. The van der Waals surface area contributed by atoms with Crippen LogP contribution >= 0.6 is 0 Å². The van der Waals surface area contributed by atoms with Crippen LogP contribution in [-0.2, 0) is 4.79 Å². The van der Waals surface area contributed by atoms with Crippen LogP contribution in [0, 0.1) is 17.2 Å². The highest BCUT2D eigenvalue weighted by atomic mass is 16.5. The maximum atomic E-state index is 12.7. The Balaban J connectivity index is 1.29. The number of aliphatic hydroxyl groups excluding tert-OH is 1. The summed E-state index contributed by atoms with van der Waals surface area (Å²) < 4.78 is 5.65. The Bertz CT molecular complexity index is 907. The van der Waals surface area contributed by atoms with E-state index in [1.807, 2.05) is 40.1 Å². The predicted molar refractivity (Wildman–Crippen MR) is 156 cm³/mol. The molecular weight excluding hydrogens is 490 g/mol. The van der Waals surface area contributed by atoms with Crippen molar-refractivity contribution in [2.24, 2.45) is 11.8 Å². The molecule has 8 heteroatoms. The smallest absolute Gasteiger partial charge is 0.260 e. The van der Waals surface area contributed by atoms with Gasteiger partial charge in [-0.2, -0.15) is 0 Å². The number of ether oxygens (including phenoxy) is 1. The Morgan fingerprint density at radius 3 is 2.54 bits per heavy atom. The Kier molecular flexibility index (Phi) is 10.9. The molecule has 0 bridgehead atoms. The van der Waals surface area contributed by atoms with Crippen LogP contribution in [-0.4, -0.2) is 89.3 Å². The van der Waals surface area contributed by atoms with Gasteiger partial charge in [0.05, 0.1) is 0 Å². The van der Waals surface area contributed by atoms with Crippen LogP contribution in [0.2, 0.25) is 0 Å². The van der Waals surface area contributed by atoms with E-state index in [-0.39, 0.29) is 18.1 Å². The van der Waals surface area contributed by atoms with Gasteiger partial charge in [0.15, 0.2) is 12.6 Å². The first-order valence-corrected chi connectivity index (χ1v) is 15.4. The summed E-state index contributed by atoms with van der Waals surface area (Å²) in [6, 6.07) is 9.45. The normalized spacial score (nSPS) is 26.9. The third-order valence-electron chi connectivity index (χ3n) is 9.18. The molecule has 3 N–H and O–H groups in total. The van der Waals surface area contributed by atoms with Crippen LogP contribution in [0.5, 0.6) is 5.75 Å². The lowest BCUT2D eigenvalue weighted by Gasteiger charge is -2.53. The molecule has 3 saturated heterocycles. The summed E-state index contributed by atoms with van der Waals surface area (Å²) in [4.78, 5) is 19.0. The molecule has 1 aromatic carbocycles. The molecule has 39 heavy (non-hydrogen) atoms. The molecule has 3 atom stereocenters. The van der Waals surface area contributed by atoms with Crippen molar-refractivity contribution in [2.75, 3.05) is 45.9 Å². The van der Waals surface area contributed by atoms with Gasteiger partial charge >= 0.3 is 0 Å². The molecule has 4 rings (SSSR count). The first kappa shape index (κ1) is 29.7. The number of carbonyl (C=O) groups excluding carboxylic acids is 1. The molecule has 0 aliphatic carbocycles. The largest absolute Gasteiger partial charge is 0.484 e. The van der Waals surface area contributed by atoms with E-state index in [9.17, 15) is 9.90 Å². The number of nitrogens with zero attached hydrogens (tertiary/aromatic N) is 3. The number of nitrogens with one attached hydrogen (secondary N) is 2. The summed E-state index contributed by atoms with van der Waals surface area (Å²) in [7, 11) is 0. The fraction of sp³-hybridized carbons (Fsp3) is 0.742. The van der Waals surface area contributed by atoms with Gasteiger partial charge in [-0.05, 0) is 75.6 Å². The Labute approximate surface area is 235 Å². The highest BCUT2D eigenvalue weighted by Gasteiger charge is 2.47. The summed E-state index contributed by atoms with van der Waals surface area (Å²) in [5, 5.41) is 24.1. The third kappa shape index (κ3) is 7.88. The average Bonchev–Trinajstić information content (AvgIpc) is 2.96. The number of carbonyl (C=O) groups is 1. The fourth-order valence-corrected chi connectivity index (χ4v) is 6.77. The number of amides is 1. The van der Waals surface area contributed by atoms with E-state index >= 15 is 0 Å². The van der Waals surface area contributed by atoms with E-state index < -0.39 is 6.23 Å². The molecule has 218 valence electrons. The van der Waals surface area contributed by atoms with E-state index in [1.54, 1.807) is 0 Å². The lowest BCUT2D eigenvalue weighted by molar-refractivity contribution is -0.135. The monoisotopic (exact) mass is 541 g/mol. The Hall–Kier alpha value is -2.32. The number of guanidine groups is 1. The second-order valence-electron chi connectivity index (χ2n) is 12.0. The standard InChI is InChI=1S/C31H51N5O3/c1-3-5-16-31(26-11-10-18-34(23-26)17-6-4-2)21-28(37)36(30(32)33-31)22-25-14-19-35(20-15-25)29(38)24-39-27-12-8-7-9-13-27/h7-9,12-13,25-26,28,37H,3-6,10-11,14-24H2,1-2H3,(H2,32,33). The van der Waals surface area contributed by atoms with Gasteiger partial charge in [0.2, 0.25) is 0 Å². The lowest BCUT2D eigenvalue weighted by Crippen LogP contribution is -2.68. The number of piperidine rings is 2. The number of para-hydroxylation sites is 1. The molecule has 0 spiro atoms. The first-order valence-electron chi connectivity index (χ1n) is 15.4. The Morgan fingerprint density at radius 2 is 1.85 bits per heavy atom. The number of rotatable bonds is 12. The zero-order valence-electron chi connectivity index (χ0n) is 24.2. The number of benzene rings is 1. The van der Waals surface area contributed by atoms with E-state index in [1.165, 1.54) is 32.2 Å². The van der Waals surface area contributed by atoms with Crippen molar-refractivity contribution in [2.45, 2.75) is 89.8 Å². The molecule has 0 aromatic heterocycles. The number of hydrogen-bond acceptors (Lipinski definition) is 5. The van der Waals surface area contributed by atoms with Crippen molar-refractivity contribution in [3.8, 4) is 5.75 Å². The summed E-state index contributed by atoms with van der Waals surface area (Å²) in [6.07, 6.45) is 9.85. The second kappa shape index (κ2) is 14.4. The molecule has 0 radical (unpaired) electrons. The number of hydrogen-bond donors (Lipinski definition) is 3. The Morgan fingerprint density at radius 1 is 1.10 bits per heavy atom. The van der Waals surface area contributed by atoms with Crippen LogP contribution in [0.15, 0.2) is 30.3 Å². The molecule has 3 unspecified atom stereocenters. The second-order valence-corrected chi connectivity index (χ2v) is 12.0. The molecule has 1 aromatic rings. The van der Waals surface area contributed by atoms with Gasteiger partial charge in [0.1, 0.15) is 12.0 Å². The molecule has 0 saturated carbocycles. The highest BCUT2D eigenvalue weighted by Crippen LogP contribution is 2.38. The van der Waals surface area contributed by atoms with Crippen molar-refractivity contribution in [3.63, 3.8) is 0 Å². The van der Waals surface area contributed by atoms with Gasteiger partial charge in [-0.1, -0.05) is 51.3 Å². The van der Waals surface area contributed by atoms with Crippen molar-refractivity contribution >= 4 is 11.9 Å². The molecular formula is C31H51N5O3. The molecule has 3 aliphatic heterocycles. The molecule has 8 nitrogen and oxygen atoms in total. The van der Waals surface area contributed by atoms with E-state index in [4.69, 9.17) is 10.1 Å². The minimum absolute atomic E-state index is 0.0193. The van der Waals surface area contributed by atoms with Crippen LogP contribution in [0.1, 0.15) is 78.1 Å². The van der Waals surface area contributed by atoms with Crippen molar-refractivity contribution < 1.29 is 14.6 Å². The third-order valence-corrected chi connectivity index (χ3v) is 9.18. The minimum Gasteiger partial charge on any atom is -0.484 e. The summed E-state index contributed by atoms with van der Waals surface area (Å²) in [5.41, 5.74) is -0.206. The zero-order valence-corrected chi connectivity index (χ0v) is 24.2. The summed E-state index contributed by atoms with van der Waals surface area (Å²) >= 11 is 0. The van der Waals surface area contributed by atoms with Gasteiger partial charge < -0.3 is 29.9 Å². The van der Waals surface area contributed by atoms with Crippen molar-refractivity contribution in [3.05, 3.63) is 30.3 Å². The molecule has 3 fully saturated rings. The zero-order chi connectivity index (χ0) is 27.7. The SMILES string of the molecule is CCCCN1CCCC(C2(CCCC)CC(O)N(CC3CCN(C(=O)COc4ccccc4)CC3)C(=N)N2)C1. The van der Waals surface area contributed by atoms with Crippen LogP contribution in [0.4, 0.5) is 0 Å². The van der Waals surface area contributed by atoms with Crippen LogP contribution in [0.3, 0.4) is 0 Å². The summed E-state index contributed by atoms with van der Waals surface area (Å²) in [5.74, 6) is 1.92. The van der Waals surface area contributed by atoms with Gasteiger partial charge in [-0.25, -0.2) is 0 Å². The fourth-order valence-electron chi connectivity index (χ4n) is 6.77. The van der Waals surface area contributed by atoms with Gasteiger partial charge in [0.25, 0.3) is 5.91 Å². The number of aliphatic hydroxyl groups is 1. The molecule has 3 aliphatic rings. The van der Waals surface area contributed by atoms with Gasteiger partial charge in [-0.15, -0.1) is 0 Å².